The lowest BCUT2D eigenvalue weighted by Crippen LogP contribution is -2.25. The van der Waals surface area contributed by atoms with Crippen LogP contribution in [-0.2, 0) is 18.6 Å². The Kier molecular flexibility index (Phi) is 8.20. The lowest BCUT2D eigenvalue weighted by molar-refractivity contribution is -0.151. The summed E-state index contributed by atoms with van der Waals surface area (Å²) in [6.07, 6.45) is 0.407. The van der Waals surface area contributed by atoms with Gasteiger partial charge in [-0.25, -0.2) is 14.5 Å². The van der Waals surface area contributed by atoms with Gasteiger partial charge >= 0.3 is 13.6 Å². The third-order valence-electron chi connectivity index (χ3n) is 6.41. The van der Waals surface area contributed by atoms with Crippen molar-refractivity contribution in [1.29, 1.82) is 0 Å². The van der Waals surface area contributed by atoms with E-state index >= 15 is 0 Å². The predicted octanol–water partition coefficient (Wildman–Crippen LogP) is 3.78. The number of H-pyrrole nitrogens is 1. The third-order valence-corrected chi connectivity index (χ3v) is 8.44. The average Bonchev–Trinajstić information content (AvgIpc) is 3.38. The van der Waals surface area contributed by atoms with E-state index in [1.165, 1.54) is 6.33 Å². The Bertz CT molecular complexity index is 1420. The molecule has 1 aliphatic carbocycles. The summed E-state index contributed by atoms with van der Waals surface area (Å²) in [5.74, 6) is -1.05. The molecule has 1 saturated carbocycles. The molecule has 0 amide bonds. The summed E-state index contributed by atoms with van der Waals surface area (Å²) in [7, 11) is -3.86. The molecule has 0 spiro atoms. The molecule has 12 heteroatoms. The van der Waals surface area contributed by atoms with E-state index in [-0.39, 0.29) is 36.4 Å². The van der Waals surface area contributed by atoms with Crippen molar-refractivity contribution < 1.29 is 28.3 Å². The van der Waals surface area contributed by atoms with Crippen molar-refractivity contribution in [3.8, 4) is 5.75 Å². The highest BCUT2D eigenvalue weighted by Gasteiger charge is 2.41. The highest BCUT2D eigenvalue weighted by Crippen LogP contribution is 2.52. The molecule has 1 unspecified atom stereocenters. The number of benzene rings is 1. The molecule has 1 aliphatic rings. The van der Waals surface area contributed by atoms with Gasteiger partial charge in [-0.15, -0.1) is 0 Å². The number of esters is 1. The molecule has 0 bridgehead atoms. The van der Waals surface area contributed by atoms with Gasteiger partial charge in [0.1, 0.15) is 11.6 Å². The molecule has 1 fully saturated rings. The summed E-state index contributed by atoms with van der Waals surface area (Å²) in [6, 6.07) is 8.16. The Balaban J connectivity index is 1.53. The standard InChI is InChI=1S/C26H33N4O7P/c1-15(2)36-26(33)16(3)13-38(34,37-19-9-7-6-8-10-19)35-12-20-17(4)21(11-22(20)31)30-14-27-23-24(30)28-18(5)29-25(23)32/h6-10,14-16,20-22,31H,4,11-13H2,1-3,5H3,(H,28,29,32)/t16-,20+,21+,22+,38?/m1/s1. The van der Waals surface area contributed by atoms with Crippen molar-refractivity contribution in [3.63, 3.8) is 0 Å². The number of aliphatic hydroxyl groups is 1. The van der Waals surface area contributed by atoms with Crippen LogP contribution in [-0.4, -0.2) is 55.6 Å². The number of nitrogens with one attached hydrogen (secondary N) is 1. The van der Waals surface area contributed by atoms with Gasteiger partial charge in [0, 0.05) is 5.92 Å². The van der Waals surface area contributed by atoms with Crippen LogP contribution in [0.4, 0.5) is 0 Å². The van der Waals surface area contributed by atoms with Crippen molar-refractivity contribution in [3.05, 3.63) is 65.0 Å². The van der Waals surface area contributed by atoms with Crippen molar-refractivity contribution >= 4 is 24.7 Å². The van der Waals surface area contributed by atoms with Gasteiger partial charge in [0.05, 0.1) is 43.3 Å². The van der Waals surface area contributed by atoms with Crippen molar-refractivity contribution in [2.75, 3.05) is 12.8 Å². The van der Waals surface area contributed by atoms with E-state index in [2.05, 4.69) is 21.5 Å². The SMILES string of the molecule is C=C1[C@H](COP(=O)(C[C@@H](C)C(=O)OC(C)C)Oc2ccccc2)[C@@H](O)C[C@@H]1n1cnc2c(=O)[nH]c(C)nc21. The van der Waals surface area contributed by atoms with E-state index in [1.807, 2.05) is 0 Å². The first-order valence-electron chi connectivity index (χ1n) is 12.5. The number of hydrogen-bond donors (Lipinski definition) is 2. The number of ether oxygens (including phenoxy) is 1. The number of hydrogen-bond acceptors (Lipinski definition) is 9. The molecule has 1 aromatic carbocycles. The fourth-order valence-corrected chi connectivity index (χ4v) is 6.41. The number of aromatic nitrogens is 4. The number of para-hydroxylation sites is 1. The highest BCUT2D eigenvalue weighted by molar-refractivity contribution is 7.54. The van der Waals surface area contributed by atoms with Crippen molar-refractivity contribution in [2.45, 2.75) is 52.4 Å². The van der Waals surface area contributed by atoms with Crippen LogP contribution in [0.2, 0.25) is 0 Å². The minimum Gasteiger partial charge on any atom is -0.463 e. The summed E-state index contributed by atoms with van der Waals surface area (Å²) in [5.41, 5.74) is 0.858. The Morgan fingerprint density at radius 1 is 1.29 bits per heavy atom. The van der Waals surface area contributed by atoms with Crippen LogP contribution in [0.15, 0.2) is 53.6 Å². The van der Waals surface area contributed by atoms with Gasteiger partial charge in [0.2, 0.25) is 0 Å². The summed E-state index contributed by atoms with van der Waals surface area (Å²) < 4.78 is 32.5. The summed E-state index contributed by atoms with van der Waals surface area (Å²) in [6.45, 7) is 10.8. The van der Waals surface area contributed by atoms with E-state index in [4.69, 9.17) is 13.8 Å². The van der Waals surface area contributed by atoms with Crippen LogP contribution in [0.3, 0.4) is 0 Å². The lowest BCUT2D eigenvalue weighted by Gasteiger charge is -2.25. The molecule has 11 nitrogen and oxygen atoms in total. The fourth-order valence-electron chi connectivity index (χ4n) is 4.52. The quantitative estimate of drug-likeness (QED) is 0.221. The van der Waals surface area contributed by atoms with Gasteiger partial charge in [0.25, 0.3) is 5.56 Å². The van der Waals surface area contributed by atoms with Crippen LogP contribution in [0.25, 0.3) is 11.2 Å². The Labute approximate surface area is 220 Å². The summed E-state index contributed by atoms with van der Waals surface area (Å²) >= 11 is 0. The summed E-state index contributed by atoms with van der Waals surface area (Å²) in [5, 5.41) is 10.9. The van der Waals surface area contributed by atoms with E-state index in [0.29, 0.717) is 22.8 Å². The molecule has 0 aliphatic heterocycles. The number of carbonyl (C=O) groups excluding carboxylic acids is 1. The second-order valence-electron chi connectivity index (χ2n) is 9.86. The first-order valence-corrected chi connectivity index (χ1v) is 14.2. The zero-order valence-electron chi connectivity index (χ0n) is 21.9. The van der Waals surface area contributed by atoms with Crippen LogP contribution < -0.4 is 10.1 Å². The fraction of sp³-hybridized carbons (Fsp3) is 0.462. The van der Waals surface area contributed by atoms with Crippen LogP contribution >= 0.6 is 7.60 Å². The number of rotatable bonds is 10. The van der Waals surface area contributed by atoms with Gasteiger partial charge < -0.3 is 23.9 Å². The molecule has 0 saturated heterocycles. The zero-order valence-corrected chi connectivity index (χ0v) is 22.8. The number of aryl methyl sites for hydroxylation is 1. The van der Waals surface area contributed by atoms with Crippen LogP contribution in [0.5, 0.6) is 5.75 Å². The average molecular weight is 545 g/mol. The first kappa shape index (κ1) is 27.8. The van der Waals surface area contributed by atoms with E-state index < -0.39 is 37.5 Å². The van der Waals surface area contributed by atoms with Crippen molar-refractivity contribution in [2.24, 2.45) is 11.8 Å². The maximum atomic E-state index is 13.9. The molecule has 4 rings (SSSR count). The second-order valence-corrected chi connectivity index (χ2v) is 11.9. The van der Waals surface area contributed by atoms with Crippen LogP contribution in [0.1, 0.15) is 39.1 Å². The molecule has 2 N–H and O–H groups in total. The molecule has 0 radical (unpaired) electrons. The smallest absolute Gasteiger partial charge is 0.380 e. The molecule has 3 aromatic rings. The Morgan fingerprint density at radius 2 is 2.00 bits per heavy atom. The van der Waals surface area contributed by atoms with Crippen molar-refractivity contribution in [1.82, 2.24) is 19.5 Å². The monoisotopic (exact) mass is 544 g/mol. The third kappa shape index (κ3) is 6.06. The number of fused-ring (bicyclic) bond motifs is 1. The maximum Gasteiger partial charge on any atom is 0.380 e. The van der Waals surface area contributed by atoms with E-state index in [1.54, 1.807) is 62.6 Å². The highest BCUT2D eigenvalue weighted by atomic mass is 31.2. The molecular weight excluding hydrogens is 511 g/mol. The van der Waals surface area contributed by atoms with E-state index in [9.17, 15) is 19.3 Å². The number of imidazole rings is 1. The molecule has 38 heavy (non-hydrogen) atoms. The van der Waals surface area contributed by atoms with Gasteiger partial charge in [-0.05, 0) is 44.9 Å². The summed E-state index contributed by atoms with van der Waals surface area (Å²) in [4.78, 5) is 35.9. The predicted molar refractivity (Wildman–Crippen MR) is 141 cm³/mol. The topological polar surface area (TPSA) is 146 Å². The number of aromatic amines is 1. The Morgan fingerprint density at radius 3 is 2.68 bits per heavy atom. The van der Waals surface area contributed by atoms with Gasteiger partial charge in [-0.1, -0.05) is 31.7 Å². The molecule has 5 atom stereocenters. The van der Waals surface area contributed by atoms with E-state index in [0.717, 1.165) is 0 Å². The lowest BCUT2D eigenvalue weighted by atomic mass is 10.0. The van der Waals surface area contributed by atoms with Gasteiger partial charge in [-0.3, -0.25) is 14.1 Å². The first-order chi connectivity index (χ1) is 18.0. The Hall–Kier alpha value is -3.27. The largest absolute Gasteiger partial charge is 0.463 e. The zero-order chi connectivity index (χ0) is 27.6. The second kappa shape index (κ2) is 11.2. The normalized spacial score (nSPS) is 21.9. The molecule has 2 heterocycles. The maximum absolute atomic E-state index is 13.9. The minimum absolute atomic E-state index is 0.147. The number of carbonyl (C=O) groups is 1. The molecular formula is C26H33N4O7P. The van der Waals surface area contributed by atoms with Crippen LogP contribution in [0, 0.1) is 18.8 Å². The molecule has 204 valence electrons. The number of nitrogens with zero attached hydrogens (tertiary/aromatic N) is 3. The number of aliphatic hydroxyl groups excluding tert-OH is 1. The molecule has 2 aromatic heterocycles. The van der Waals surface area contributed by atoms with Gasteiger partial charge in [-0.2, -0.15) is 0 Å². The van der Waals surface area contributed by atoms with Gasteiger partial charge in [0.15, 0.2) is 11.2 Å². The minimum atomic E-state index is -3.86.